The minimum absolute atomic E-state index is 0.930. The summed E-state index contributed by atoms with van der Waals surface area (Å²) in [4.78, 5) is 2.49. The third-order valence-corrected chi connectivity index (χ3v) is 3.70. The summed E-state index contributed by atoms with van der Waals surface area (Å²) in [5.74, 6) is 0. The van der Waals surface area contributed by atoms with E-state index in [0.717, 1.165) is 6.42 Å². The van der Waals surface area contributed by atoms with Gasteiger partial charge in [0.1, 0.15) is 0 Å². The lowest BCUT2D eigenvalue weighted by Crippen LogP contribution is -1.86. The lowest BCUT2D eigenvalue weighted by atomic mass is 10.1. The zero-order chi connectivity index (χ0) is 12.1. The molecule has 0 bridgehead atoms. The van der Waals surface area contributed by atoms with Crippen molar-refractivity contribution in [3.8, 4) is 0 Å². The Kier molecular flexibility index (Phi) is 4.05. The summed E-state index contributed by atoms with van der Waals surface area (Å²) >= 11 is 1.77. The largest absolute Gasteiger partial charge is 0.0945 e. The van der Waals surface area contributed by atoms with Gasteiger partial charge in [0, 0.05) is 11.3 Å². The van der Waals surface area contributed by atoms with Crippen LogP contribution in [0.25, 0.3) is 0 Å². The van der Waals surface area contributed by atoms with E-state index in [4.69, 9.17) is 0 Å². The Bertz CT molecular complexity index is 500. The van der Waals surface area contributed by atoms with E-state index >= 15 is 0 Å². The van der Waals surface area contributed by atoms with Crippen molar-refractivity contribution in [1.82, 2.24) is 0 Å². The molecular weight excluding hydrogens is 224 g/mol. The van der Waals surface area contributed by atoms with Crippen molar-refractivity contribution in [2.24, 2.45) is 0 Å². The zero-order valence-electron chi connectivity index (χ0n) is 10.0. The maximum absolute atomic E-state index is 4.15. The van der Waals surface area contributed by atoms with Crippen LogP contribution in [0.15, 0.2) is 71.0 Å². The molecule has 2 aromatic rings. The van der Waals surface area contributed by atoms with Crippen LogP contribution in [0.5, 0.6) is 0 Å². The van der Waals surface area contributed by atoms with Gasteiger partial charge in [0.15, 0.2) is 0 Å². The Hall–Kier alpha value is -1.47. The molecule has 0 aliphatic heterocycles. The van der Waals surface area contributed by atoms with Crippen LogP contribution in [0, 0.1) is 6.92 Å². The second kappa shape index (κ2) is 5.74. The Morgan fingerprint density at radius 1 is 1.00 bits per heavy atom. The van der Waals surface area contributed by atoms with Crippen molar-refractivity contribution in [3.63, 3.8) is 0 Å². The molecule has 1 heteroatoms. The van der Waals surface area contributed by atoms with Gasteiger partial charge in [0.25, 0.3) is 0 Å². The SMILES string of the molecule is C=C(Cc1ccccc1)Sc1ccccc1C. The highest BCUT2D eigenvalue weighted by molar-refractivity contribution is 8.03. The molecule has 0 N–H and O–H groups in total. The topological polar surface area (TPSA) is 0 Å². The number of aryl methyl sites for hydroxylation is 1. The Morgan fingerprint density at radius 3 is 2.35 bits per heavy atom. The van der Waals surface area contributed by atoms with Crippen molar-refractivity contribution in [3.05, 3.63) is 77.2 Å². The normalized spacial score (nSPS) is 10.2. The van der Waals surface area contributed by atoms with Gasteiger partial charge in [0.2, 0.25) is 0 Å². The van der Waals surface area contributed by atoms with Gasteiger partial charge in [-0.2, -0.15) is 0 Å². The molecule has 0 unspecified atom stereocenters. The minimum Gasteiger partial charge on any atom is -0.0945 e. The van der Waals surface area contributed by atoms with E-state index in [1.54, 1.807) is 11.8 Å². The van der Waals surface area contributed by atoms with E-state index in [-0.39, 0.29) is 0 Å². The summed E-state index contributed by atoms with van der Waals surface area (Å²) in [6, 6.07) is 18.9. The van der Waals surface area contributed by atoms with Gasteiger partial charge >= 0.3 is 0 Å². The van der Waals surface area contributed by atoms with Crippen LogP contribution in [0.4, 0.5) is 0 Å². The molecule has 2 rings (SSSR count). The number of thioether (sulfide) groups is 1. The molecule has 86 valence electrons. The van der Waals surface area contributed by atoms with E-state index in [0.29, 0.717) is 0 Å². The monoisotopic (exact) mass is 240 g/mol. The first-order valence-electron chi connectivity index (χ1n) is 5.71. The van der Waals surface area contributed by atoms with Crippen molar-refractivity contribution in [2.45, 2.75) is 18.2 Å². The fourth-order valence-corrected chi connectivity index (χ4v) is 2.61. The molecule has 0 radical (unpaired) electrons. The van der Waals surface area contributed by atoms with Gasteiger partial charge in [-0.15, -0.1) is 0 Å². The Morgan fingerprint density at radius 2 is 1.65 bits per heavy atom. The summed E-state index contributed by atoms with van der Waals surface area (Å²) in [5.41, 5.74) is 2.63. The molecular formula is C16H16S. The predicted molar refractivity (Wildman–Crippen MR) is 76.3 cm³/mol. The third-order valence-electron chi connectivity index (χ3n) is 2.59. The van der Waals surface area contributed by atoms with Gasteiger partial charge in [0.05, 0.1) is 0 Å². The average Bonchev–Trinajstić information content (AvgIpc) is 2.33. The second-order valence-corrected chi connectivity index (χ2v) is 5.29. The van der Waals surface area contributed by atoms with Crippen LogP contribution in [0.2, 0.25) is 0 Å². The molecule has 0 spiro atoms. The second-order valence-electron chi connectivity index (χ2n) is 4.07. The molecule has 0 fully saturated rings. The first-order chi connectivity index (χ1) is 8.25. The molecule has 0 aliphatic rings. The van der Waals surface area contributed by atoms with Gasteiger partial charge in [-0.1, -0.05) is 66.9 Å². The van der Waals surface area contributed by atoms with E-state index < -0.39 is 0 Å². The zero-order valence-corrected chi connectivity index (χ0v) is 10.8. The molecule has 0 saturated heterocycles. The van der Waals surface area contributed by atoms with Crippen molar-refractivity contribution >= 4 is 11.8 Å². The van der Waals surface area contributed by atoms with Gasteiger partial charge in [-0.05, 0) is 29.0 Å². The van der Waals surface area contributed by atoms with E-state index in [1.807, 2.05) is 6.07 Å². The molecule has 17 heavy (non-hydrogen) atoms. The van der Waals surface area contributed by atoms with Crippen LogP contribution < -0.4 is 0 Å². The average molecular weight is 240 g/mol. The van der Waals surface area contributed by atoms with Crippen LogP contribution in [-0.2, 0) is 6.42 Å². The fraction of sp³-hybridized carbons (Fsp3) is 0.125. The van der Waals surface area contributed by atoms with Crippen molar-refractivity contribution in [1.29, 1.82) is 0 Å². The number of hydrogen-bond acceptors (Lipinski definition) is 1. The quantitative estimate of drug-likeness (QED) is 0.689. The molecule has 0 heterocycles. The third kappa shape index (κ3) is 3.50. The van der Waals surface area contributed by atoms with Gasteiger partial charge in [-0.3, -0.25) is 0 Å². The number of hydrogen-bond donors (Lipinski definition) is 0. The van der Waals surface area contributed by atoms with E-state index in [1.165, 1.54) is 20.9 Å². The highest BCUT2D eigenvalue weighted by Crippen LogP contribution is 2.29. The van der Waals surface area contributed by atoms with Crippen LogP contribution in [0.1, 0.15) is 11.1 Å². The first kappa shape index (κ1) is 12.0. The minimum atomic E-state index is 0.930. The molecule has 0 aromatic heterocycles. The Labute approximate surface area is 107 Å². The number of rotatable bonds is 4. The van der Waals surface area contributed by atoms with E-state index in [9.17, 15) is 0 Å². The molecule has 0 atom stereocenters. The van der Waals surface area contributed by atoms with Gasteiger partial charge < -0.3 is 0 Å². The summed E-state index contributed by atoms with van der Waals surface area (Å²) in [6.45, 7) is 6.29. The van der Waals surface area contributed by atoms with Gasteiger partial charge in [-0.25, -0.2) is 0 Å². The highest BCUT2D eigenvalue weighted by Gasteiger charge is 2.02. The van der Waals surface area contributed by atoms with E-state index in [2.05, 4.69) is 62.0 Å². The maximum Gasteiger partial charge on any atom is 0.0148 e. The lowest BCUT2D eigenvalue weighted by molar-refractivity contribution is 1.24. The molecule has 0 nitrogen and oxygen atoms in total. The van der Waals surface area contributed by atoms with Crippen molar-refractivity contribution < 1.29 is 0 Å². The standard InChI is InChI=1S/C16H16S/c1-13-8-6-7-11-16(13)17-14(2)12-15-9-4-3-5-10-15/h3-11H,2,12H2,1H3. The van der Waals surface area contributed by atoms with Crippen molar-refractivity contribution in [2.75, 3.05) is 0 Å². The number of benzene rings is 2. The van der Waals surface area contributed by atoms with Crippen LogP contribution >= 0.6 is 11.8 Å². The molecule has 0 amide bonds. The summed E-state index contributed by atoms with van der Waals surface area (Å²) in [7, 11) is 0. The fourth-order valence-electron chi connectivity index (χ4n) is 1.69. The Balaban J connectivity index is 2.01. The molecule has 2 aromatic carbocycles. The van der Waals surface area contributed by atoms with Crippen LogP contribution in [-0.4, -0.2) is 0 Å². The van der Waals surface area contributed by atoms with Crippen LogP contribution in [0.3, 0.4) is 0 Å². The first-order valence-corrected chi connectivity index (χ1v) is 6.52. The molecule has 0 saturated carbocycles. The predicted octanol–water partition coefficient (Wildman–Crippen LogP) is 4.84. The maximum atomic E-state index is 4.15. The number of allylic oxidation sites excluding steroid dienone is 1. The lowest BCUT2D eigenvalue weighted by Gasteiger charge is -2.07. The highest BCUT2D eigenvalue weighted by atomic mass is 32.2. The molecule has 0 aliphatic carbocycles. The smallest absolute Gasteiger partial charge is 0.0148 e. The summed E-state index contributed by atoms with van der Waals surface area (Å²) in [5, 5.41) is 0. The summed E-state index contributed by atoms with van der Waals surface area (Å²) < 4.78 is 0. The summed E-state index contributed by atoms with van der Waals surface area (Å²) in [6.07, 6.45) is 0.930.